The summed E-state index contributed by atoms with van der Waals surface area (Å²) in [5.74, 6) is 0.869. The summed E-state index contributed by atoms with van der Waals surface area (Å²) < 4.78 is 10.3. The smallest absolute Gasteiger partial charge is 0.313 e. The molecule has 2 saturated carbocycles. The molecule has 0 bridgehead atoms. The minimum absolute atomic E-state index is 0.0200. The highest BCUT2D eigenvalue weighted by Crippen LogP contribution is 2.48. The fraction of sp³-hybridized carbons (Fsp3) is 0.625. The molecule has 0 radical (unpaired) electrons. The third-order valence-electron chi connectivity index (χ3n) is 4.82. The Kier molecular flexibility index (Phi) is 3.74. The van der Waals surface area contributed by atoms with Crippen LogP contribution in [0.25, 0.3) is 0 Å². The van der Waals surface area contributed by atoms with Crippen molar-refractivity contribution in [3.63, 3.8) is 0 Å². The fourth-order valence-electron chi connectivity index (χ4n) is 3.41. The van der Waals surface area contributed by atoms with Crippen molar-refractivity contribution in [1.29, 1.82) is 0 Å². The van der Waals surface area contributed by atoms with Crippen molar-refractivity contribution >= 4 is 11.9 Å². The molecule has 1 aromatic heterocycles. The Morgan fingerprint density at radius 2 is 2.19 bits per heavy atom. The van der Waals surface area contributed by atoms with Gasteiger partial charge in [0.15, 0.2) is 0 Å². The van der Waals surface area contributed by atoms with Crippen molar-refractivity contribution in [3.05, 3.63) is 24.2 Å². The van der Waals surface area contributed by atoms with Gasteiger partial charge in [0.05, 0.1) is 18.8 Å². The van der Waals surface area contributed by atoms with Gasteiger partial charge in [-0.1, -0.05) is 12.8 Å². The van der Waals surface area contributed by atoms with E-state index in [0.29, 0.717) is 6.54 Å². The number of carbonyl (C=O) groups excluding carboxylic acids is 2. The Morgan fingerprint density at radius 1 is 1.43 bits per heavy atom. The lowest BCUT2D eigenvalue weighted by molar-refractivity contribution is -0.152. The summed E-state index contributed by atoms with van der Waals surface area (Å²) in [5.41, 5.74) is -0.514. The van der Waals surface area contributed by atoms with Gasteiger partial charge in [0, 0.05) is 18.4 Å². The number of amides is 1. The second kappa shape index (κ2) is 5.54. The van der Waals surface area contributed by atoms with Crippen molar-refractivity contribution in [3.8, 4) is 0 Å². The highest BCUT2D eigenvalue weighted by molar-refractivity contribution is 5.84. The minimum atomic E-state index is -0.514. The van der Waals surface area contributed by atoms with E-state index in [4.69, 9.17) is 9.15 Å². The molecule has 1 aromatic rings. The molecule has 0 saturated heterocycles. The number of ether oxygens (including phenoxy) is 1. The second-order valence-electron chi connectivity index (χ2n) is 6.16. The third kappa shape index (κ3) is 2.69. The molecule has 5 nitrogen and oxygen atoms in total. The topological polar surface area (TPSA) is 68.5 Å². The van der Waals surface area contributed by atoms with E-state index in [2.05, 4.69) is 5.32 Å². The predicted octanol–water partition coefficient (Wildman–Crippen LogP) is 2.23. The van der Waals surface area contributed by atoms with Crippen molar-refractivity contribution in [2.24, 2.45) is 11.3 Å². The van der Waals surface area contributed by atoms with E-state index in [-0.39, 0.29) is 23.7 Å². The Labute approximate surface area is 124 Å². The van der Waals surface area contributed by atoms with Crippen LogP contribution in [-0.4, -0.2) is 25.5 Å². The predicted molar refractivity (Wildman–Crippen MR) is 75.5 cm³/mol. The van der Waals surface area contributed by atoms with Crippen molar-refractivity contribution in [1.82, 2.24) is 5.32 Å². The SMILES string of the molecule is COC(=O)C1(CNC(=O)[C@@H]2C[C@H]2c2ccco2)CCCC1. The zero-order chi connectivity index (χ0) is 14.9. The molecule has 2 fully saturated rings. The minimum Gasteiger partial charge on any atom is -0.469 e. The number of hydrogen-bond donors (Lipinski definition) is 1. The van der Waals surface area contributed by atoms with Crippen molar-refractivity contribution in [2.45, 2.75) is 38.0 Å². The molecule has 0 aliphatic heterocycles. The van der Waals surface area contributed by atoms with E-state index in [1.54, 1.807) is 6.26 Å². The van der Waals surface area contributed by atoms with Crippen LogP contribution < -0.4 is 5.32 Å². The Balaban J connectivity index is 1.55. The molecule has 114 valence electrons. The van der Waals surface area contributed by atoms with Crippen LogP contribution in [0.2, 0.25) is 0 Å². The highest BCUT2D eigenvalue weighted by atomic mass is 16.5. The summed E-state index contributed by atoms with van der Waals surface area (Å²) in [5, 5.41) is 2.95. The molecule has 2 atom stereocenters. The second-order valence-corrected chi connectivity index (χ2v) is 6.16. The molecule has 2 aliphatic rings. The average Bonchev–Trinajstić information content (AvgIpc) is 2.95. The molecule has 21 heavy (non-hydrogen) atoms. The normalized spacial score (nSPS) is 26.3. The van der Waals surface area contributed by atoms with Gasteiger partial charge in [-0.2, -0.15) is 0 Å². The molecular formula is C16H21NO4. The first-order valence-electron chi connectivity index (χ1n) is 7.56. The number of nitrogens with one attached hydrogen (secondary N) is 1. The molecular weight excluding hydrogens is 270 g/mol. The van der Waals surface area contributed by atoms with E-state index in [1.807, 2.05) is 12.1 Å². The Morgan fingerprint density at radius 3 is 2.81 bits per heavy atom. The molecule has 0 aromatic carbocycles. The molecule has 3 rings (SSSR count). The third-order valence-corrected chi connectivity index (χ3v) is 4.82. The number of hydrogen-bond acceptors (Lipinski definition) is 4. The van der Waals surface area contributed by atoms with Crippen LogP contribution in [0, 0.1) is 11.3 Å². The van der Waals surface area contributed by atoms with Crippen LogP contribution in [0.5, 0.6) is 0 Å². The van der Waals surface area contributed by atoms with Gasteiger partial charge in [0.1, 0.15) is 5.76 Å². The summed E-state index contributed by atoms with van der Waals surface area (Å²) in [4.78, 5) is 24.2. The van der Waals surface area contributed by atoms with Gasteiger partial charge >= 0.3 is 5.97 Å². The van der Waals surface area contributed by atoms with E-state index < -0.39 is 5.41 Å². The molecule has 0 spiro atoms. The zero-order valence-electron chi connectivity index (χ0n) is 12.3. The lowest BCUT2D eigenvalue weighted by Gasteiger charge is -2.26. The first-order chi connectivity index (χ1) is 10.2. The van der Waals surface area contributed by atoms with Gasteiger partial charge < -0.3 is 14.5 Å². The summed E-state index contributed by atoms with van der Waals surface area (Å²) in [7, 11) is 1.41. The molecule has 1 N–H and O–H groups in total. The number of furan rings is 1. The maximum Gasteiger partial charge on any atom is 0.313 e. The van der Waals surface area contributed by atoms with Crippen LogP contribution in [-0.2, 0) is 14.3 Å². The number of rotatable bonds is 5. The van der Waals surface area contributed by atoms with Crippen LogP contribution in [0.3, 0.4) is 0 Å². The molecule has 5 heteroatoms. The molecule has 1 heterocycles. The van der Waals surface area contributed by atoms with Gasteiger partial charge in [-0.15, -0.1) is 0 Å². The van der Waals surface area contributed by atoms with E-state index >= 15 is 0 Å². The van der Waals surface area contributed by atoms with Gasteiger partial charge in [-0.3, -0.25) is 9.59 Å². The van der Waals surface area contributed by atoms with Gasteiger partial charge in [-0.05, 0) is 31.4 Å². The van der Waals surface area contributed by atoms with E-state index in [0.717, 1.165) is 37.9 Å². The first kappa shape index (κ1) is 14.2. The van der Waals surface area contributed by atoms with Gasteiger partial charge in [0.25, 0.3) is 0 Å². The standard InChI is InChI=1S/C16H21NO4/c1-20-15(19)16(6-2-3-7-16)10-17-14(18)12-9-11(12)13-5-4-8-21-13/h4-5,8,11-12H,2-3,6-7,9-10H2,1H3,(H,17,18)/t11-,12-/m1/s1. The van der Waals surface area contributed by atoms with Crippen LogP contribution >= 0.6 is 0 Å². The lowest BCUT2D eigenvalue weighted by atomic mass is 9.86. The van der Waals surface area contributed by atoms with Crippen LogP contribution in [0.1, 0.15) is 43.8 Å². The average molecular weight is 291 g/mol. The monoisotopic (exact) mass is 291 g/mol. The molecule has 1 amide bonds. The quantitative estimate of drug-likeness (QED) is 0.845. The van der Waals surface area contributed by atoms with Crippen LogP contribution in [0.15, 0.2) is 22.8 Å². The molecule has 0 unspecified atom stereocenters. The summed E-state index contributed by atoms with van der Waals surface area (Å²) >= 11 is 0. The first-order valence-corrected chi connectivity index (χ1v) is 7.56. The summed E-state index contributed by atoms with van der Waals surface area (Å²) in [6.45, 7) is 0.389. The number of carbonyl (C=O) groups is 2. The highest BCUT2D eigenvalue weighted by Gasteiger charge is 2.47. The van der Waals surface area contributed by atoms with E-state index in [9.17, 15) is 9.59 Å². The maximum atomic E-state index is 12.2. The largest absolute Gasteiger partial charge is 0.469 e. The zero-order valence-corrected chi connectivity index (χ0v) is 12.3. The van der Waals surface area contributed by atoms with Crippen molar-refractivity contribution in [2.75, 3.05) is 13.7 Å². The van der Waals surface area contributed by atoms with Gasteiger partial charge in [0.2, 0.25) is 5.91 Å². The Hall–Kier alpha value is -1.78. The Bertz CT molecular complexity index is 516. The molecule has 2 aliphatic carbocycles. The number of methoxy groups -OCH3 is 1. The van der Waals surface area contributed by atoms with Crippen LogP contribution in [0.4, 0.5) is 0 Å². The van der Waals surface area contributed by atoms with Gasteiger partial charge in [-0.25, -0.2) is 0 Å². The maximum absolute atomic E-state index is 12.2. The summed E-state index contributed by atoms with van der Waals surface area (Å²) in [6, 6.07) is 3.75. The fourth-order valence-corrected chi connectivity index (χ4v) is 3.41. The number of esters is 1. The van der Waals surface area contributed by atoms with Crippen molar-refractivity contribution < 1.29 is 18.7 Å². The van der Waals surface area contributed by atoms with E-state index in [1.165, 1.54) is 7.11 Å². The lowest BCUT2D eigenvalue weighted by Crippen LogP contribution is -2.42. The summed E-state index contributed by atoms with van der Waals surface area (Å²) in [6.07, 6.45) is 6.09.